The van der Waals surface area contributed by atoms with E-state index in [9.17, 15) is 22.0 Å². The lowest BCUT2D eigenvalue weighted by molar-refractivity contribution is -0.120. The molecule has 194 valence electrons. The summed E-state index contributed by atoms with van der Waals surface area (Å²) in [4.78, 5) is 12.7. The van der Waals surface area contributed by atoms with Gasteiger partial charge in [0, 0.05) is 42.4 Å². The van der Waals surface area contributed by atoms with Gasteiger partial charge in [0.1, 0.15) is 17.3 Å². The summed E-state index contributed by atoms with van der Waals surface area (Å²) in [5.74, 6) is -1.00. The Kier molecular flexibility index (Phi) is 6.69. The van der Waals surface area contributed by atoms with E-state index in [1.165, 1.54) is 29.4 Å². The molecule has 0 bridgehead atoms. The summed E-state index contributed by atoms with van der Waals surface area (Å²) in [6.45, 7) is 1.88. The van der Waals surface area contributed by atoms with Gasteiger partial charge in [-0.3, -0.25) is 4.79 Å². The first-order valence-electron chi connectivity index (χ1n) is 11.5. The van der Waals surface area contributed by atoms with E-state index in [0.29, 0.717) is 30.0 Å². The Morgan fingerprint density at radius 2 is 1.84 bits per heavy atom. The minimum absolute atomic E-state index is 0.0630. The van der Waals surface area contributed by atoms with Gasteiger partial charge in [-0.2, -0.15) is 4.31 Å². The summed E-state index contributed by atoms with van der Waals surface area (Å²) in [6, 6.07) is 8.17. The van der Waals surface area contributed by atoms with Crippen LogP contribution >= 0.6 is 0 Å². The number of anilines is 1. The van der Waals surface area contributed by atoms with Crippen LogP contribution in [0.3, 0.4) is 0 Å². The Labute approximate surface area is 211 Å². The number of carbonyl (C=O) groups excluding carboxylic acids is 1. The number of carbonyl (C=O) groups is 1. The smallest absolute Gasteiger partial charge is 0.248 e. The zero-order chi connectivity index (χ0) is 26.2. The fourth-order valence-electron chi connectivity index (χ4n) is 4.31. The largest absolute Gasteiger partial charge is 0.454 e. The maximum atomic E-state index is 14.0. The maximum absolute atomic E-state index is 14.0. The molecule has 9 nitrogen and oxygen atoms in total. The average molecular weight is 532 g/mol. The molecule has 2 aliphatic heterocycles. The first-order valence-corrected chi connectivity index (χ1v) is 13.0. The number of benzene rings is 2. The van der Waals surface area contributed by atoms with Crippen molar-refractivity contribution in [3.05, 3.63) is 65.1 Å². The van der Waals surface area contributed by atoms with Crippen LogP contribution in [0.4, 0.5) is 14.5 Å². The highest BCUT2D eigenvalue weighted by molar-refractivity contribution is 7.89. The first-order chi connectivity index (χ1) is 17.7. The highest BCUT2D eigenvalue weighted by Gasteiger charge is 2.36. The lowest BCUT2D eigenvalue weighted by Crippen LogP contribution is -2.41. The standard InChI is InChI=1S/C25H23F2N3O6S/c1-15-24(22(36-29-15)6-3-16-2-4-18(26)12-20(16)27)37(32,33)30-10-8-17(9-11-30)25(31)28-19-5-7-21-23(13-19)35-14-34-21/h2-7,12-13,17H,8-11,14H2,1H3,(H,28,31). The van der Waals surface area contributed by atoms with Crippen LogP contribution in [-0.4, -0.2) is 43.7 Å². The fraction of sp³-hybridized carbons (Fsp3) is 0.280. The molecule has 12 heteroatoms. The maximum Gasteiger partial charge on any atom is 0.248 e. The average Bonchev–Trinajstić information content (AvgIpc) is 3.49. The number of halogens is 2. The quantitative estimate of drug-likeness (QED) is 0.508. The van der Waals surface area contributed by atoms with Gasteiger partial charge in [-0.1, -0.05) is 5.16 Å². The first kappa shape index (κ1) is 24.9. The van der Waals surface area contributed by atoms with Crippen LogP contribution in [0.5, 0.6) is 11.5 Å². The Bertz CT molecular complexity index is 1480. The lowest BCUT2D eigenvalue weighted by Gasteiger charge is -2.30. The number of fused-ring (bicyclic) bond motifs is 1. The topological polar surface area (TPSA) is 111 Å². The Morgan fingerprint density at radius 3 is 2.59 bits per heavy atom. The van der Waals surface area contributed by atoms with Crippen LogP contribution in [-0.2, 0) is 14.8 Å². The van der Waals surface area contributed by atoms with Gasteiger partial charge in [-0.15, -0.1) is 0 Å². The van der Waals surface area contributed by atoms with Gasteiger partial charge in [0.05, 0.1) is 0 Å². The van der Waals surface area contributed by atoms with Crippen LogP contribution in [0, 0.1) is 24.5 Å². The highest BCUT2D eigenvalue weighted by atomic mass is 32.2. The van der Waals surface area contributed by atoms with Gasteiger partial charge in [-0.25, -0.2) is 17.2 Å². The second-order valence-corrected chi connectivity index (χ2v) is 10.6. The van der Waals surface area contributed by atoms with Crippen molar-refractivity contribution >= 4 is 33.8 Å². The summed E-state index contributed by atoms with van der Waals surface area (Å²) in [7, 11) is -4.01. The molecular formula is C25H23F2N3O6S. The van der Waals surface area contributed by atoms with Crippen molar-refractivity contribution < 1.29 is 36.0 Å². The molecule has 0 aliphatic carbocycles. The second-order valence-electron chi connectivity index (χ2n) is 8.70. The van der Waals surface area contributed by atoms with Crippen LogP contribution in [0.25, 0.3) is 12.2 Å². The van der Waals surface area contributed by atoms with Gasteiger partial charge < -0.3 is 19.3 Å². The summed E-state index contributed by atoms with van der Waals surface area (Å²) in [6.07, 6.45) is 3.23. The van der Waals surface area contributed by atoms with E-state index in [1.807, 2.05) is 0 Å². The molecule has 5 rings (SSSR count). The number of hydrogen-bond donors (Lipinski definition) is 1. The fourth-order valence-corrected chi connectivity index (χ4v) is 6.03. The molecule has 0 atom stereocenters. The SMILES string of the molecule is Cc1noc(C=Cc2ccc(F)cc2F)c1S(=O)(=O)N1CCC(C(=O)Nc2ccc3c(c2)OCO3)CC1. The van der Waals surface area contributed by atoms with E-state index in [4.69, 9.17) is 14.0 Å². The number of hydrogen-bond acceptors (Lipinski definition) is 7. The molecule has 1 fully saturated rings. The molecule has 1 N–H and O–H groups in total. The van der Waals surface area contributed by atoms with E-state index in [0.717, 1.165) is 12.1 Å². The van der Waals surface area contributed by atoms with Crippen LogP contribution in [0.15, 0.2) is 45.8 Å². The predicted octanol–water partition coefficient (Wildman–Crippen LogP) is 4.20. The molecule has 2 aromatic carbocycles. The third kappa shape index (κ3) is 5.07. The van der Waals surface area contributed by atoms with Crippen LogP contribution < -0.4 is 14.8 Å². The summed E-state index contributed by atoms with van der Waals surface area (Å²) < 4.78 is 71.1. The van der Waals surface area contributed by atoms with Gasteiger partial charge >= 0.3 is 0 Å². The third-order valence-electron chi connectivity index (χ3n) is 6.27. The Morgan fingerprint density at radius 1 is 1.08 bits per heavy atom. The Hall–Kier alpha value is -3.77. The van der Waals surface area contributed by atoms with Gasteiger partial charge in [0.15, 0.2) is 22.2 Å². The van der Waals surface area contributed by atoms with Crippen molar-refractivity contribution in [3.8, 4) is 11.5 Å². The molecule has 1 amide bonds. The number of ether oxygens (including phenoxy) is 2. The summed E-state index contributed by atoms with van der Waals surface area (Å²) in [5.41, 5.74) is 0.786. The zero-order valence-corrected chi connectivity index (χ0v) is 20.6. The normalized spacial score (nSPS) is 16.4. The van der Waals surface area contributed by atoms with E-state index in [1.54, 1.807) is 18.2 Å². The third-order valence-corrected chi connectivity index (χ3v) is 8.33. The number of amides is 1. The van der Waals surface area contributed by atoms with Gasteiger partial charge in [0.25, 0.3) is 0 Å². The number of rotatable bonds is 6. The molecule has 3 aromatic rings. The van der Waals surface area contributed by atoms with Crippen LogP contribution in [0.1, 0.15) is 29.9 Å². The molecule has 0 saturated carbocycles. The van der Waals surface area contributed by atoms with Crippen molar-refractivity contribution in [2.24, 2.45) is 5.92 Å². The highest BCUT2D eigenvalue weighted by Crippen LogP contribution is 2.35. The summed E-state index contributed by atoms with van der Waals surface area (Å²) in [5, 5.41) is 6.62. The number of piperidine rings is 1. The minimum atomic E-state index is -4.01. The molecule has 0 radical (unpaired) electrons. The number of aryl methyl sites for hydroxylation is 1. The molecule has 0 spiro atoms. The van der Waals surface area contributed by atoms with Crippen LogP contribution in [0.2, 0.25) is 0 Å². The van der Waals surface area contributed by atoms with Crippen molar-refractivity contribution in [1.29, 1.82) is 0 Å². The number of sulfonamides is 1. The molecule has 0 unspecified atom stereocenters. The number of nitrogens with one attached hydrogen (secondary N) is 1. The van der Waals surface area contributed by atoms with Crippen molar-refractivity contribution in [1.82, 2.24) is 9.46 Å². The van der Waals surface area contributed by atoms with E-state index >= 15 is 0 Å². The lowest BCUT2D eigenvalue weighted by atomic mass is 9.97. The molecule has 3 heterocycles. The van der Waals surface area contributed by atoms with E-state index in [2.05, 4.69) is 10.5 Å². The summed E-state index contributed by atoms with van der Waals surface area (Å²) >= 11 is 0. The monoisotopic (exact) mass is 531 g/mol. The second kappa shape index (κ2) is 9.94. The van der Waals surface area contributed by atoms with Crippen molar-refractivity contribution in [2.45, 2.75) is 24.7 Å². The van der Waals surface area contributed by atoms with Crippen molar-refractivity contribution in [2.75, 3.05) is 25.2 Å². The van der Waals surface area contributed by atoms with Crippen molar-refractivity contribution in [3.63, 3.8) is 0 Å². The predicted molar refractivity (Wildman–Crippen MR) is 129 cm³/mol. The molecule has 1 aromatic heterocycles. The number of aromatic nitrogens is 1. The molecule has 37 heavy (non-hydrogen) atoms. The zero-order valence-electron chi connectivity index (χ0n) is 19.7. The molecule has 1 saturated heterocycles. The Balaban J connectivity index is 1.26. The molecule has 2 aliphatic rings. The molecular weight excluding hydrogens is 508 g/mol. The van der Waals surface area contributed by atoms with E-state index < -0.39 is 21.7 Å². The van der Waals surface area contributed by atoms with Gasteiger partial charge in [0.2, 0.25) is 22.7 Å². The minimum Gasteiger partial charge on any atom is -0.454 e. The van der Waals surface area contributed by atoms with Gasteiger partial charge in [-0.05, 0) is 56.2 Å². The van der Waals surface area contributed by atoms with E-state index in [-0.39, 0.29) is 53.6 Å². The number of nitrogens with zero attached hydrogens (tertiary/aromatic N) is 2.